The highest BCUT2D eigenvalue weighted by molar-refractivity contribution is 5.89. The maximum Gasteiger partial charge on any atom is 0.321 e. The number of benzene rings is 1. The van der Waals surface area contributed by atoms with E-state index in [1.807, 2.05) is 0 Å². The van der Waals surface area contributed by atoms with Crippen LogP contribution in [0.25, 0.3) is 0 Å². The number of piperidine rings is 1. The van der Waals surface area contributed by atoms with Crippen LogP contribution in [0, 0.1) is 5.82 Å². The van der Waals surface area contributed by atoms with E-state index >= 15 is 0 Å². The van der Waals surface area contributed by atoms with Crippen molar-refractivity contribution in [1.82, 2.24) is 25.1 Å². The fraction of sp³-hybridized carbons (Fsp3) is 0.429. The smallest absolute Gasteiger partial charge is 0.321 e. The lowest BCUT2D eigenvalue weighted by atomic mass is 9.97. The van der Waals surface area contributed by atoms with Crippen LogP contribution in [-0.2, 0) is 7.05 Å². The van der Waals surface area contributed by atoms with Gasteiger partial charge in [-0.25, -0.2) is 13.9 Å². The molecule has 1 N–H and O–H groups in total. The van der Waals surface area contributed by atoms with Crippen molar-refractivity contribution in [3.63, 3.8) is 0 Å². The van der Waals surface area contributed by atoms with Crippen molar-refractivity contribution >= 4 is 11.7 Å². The number of aromatic nitrogens is 4. The van der Waals surface area contributed by atoms with Crippen LogP contribution in [-0.4, -0.2) is 44.2 Å². The number of tetrazole rings is 1. The van der Waals surface area contributed by atoms with Gasteiger partial charge in [0.05, 0.1) is 0 Å². The van der Waals surface area contributed by atoms with Crippen molar-refractivity contribution in [2.24, 2.45) is 7.05 Å². The third-order valence-corrected chi connectivity index (χ3v) is 3.80. The van der Waals surface area contributed by atoms with Gasteiger partial charge in [-0.3, -0.25) is 0 Å². The minimum atomic E-state index is -0.375. The van der Waals surface area contributed by atoms with E-state index in [1.165, 1.54) is 12.1 Å². The Kier molecular flexibility index (Phi) is 3.99. The minimum absolute atomic E-state index is 0.118. The molecule has 22 heavy (non-hydrogen) atoms. The zero-order valence-electron chi connectivity index (χ0n) is 12.2. The lowest BCUT2D eigenvalue weighted by Gasteiger charge is -2.31. The van der Waals surface area contributed by atoms with E-state index in [0.29, 0.717) is 18.8 Å². The van der Waals surface area contributed by atoms with Crippen LogP contribution in [0.2, 0.25) is 0 Å². The number of amides is 2. The number of rotatable bonds is 2. The van der Waals surface area contributed by atoms with Gasteiger partial charge >= 0.3 is 6.03 Å². The Balaban J connectivity index is 1.67. The van der Waals surface area contributed by atoms with E-state index in [0.717, 1.165) is 18.7 Å². The van der Waals surface area contributed by atoms with Crippen molar-refractivity contribution in [2.45, 2.75) is 18.8 Å². The largest absolute Gasteiger partial charge is 0.324 e. The molecule has 1 saturated heterocycles. The molecule has 1 aromatic heterocycles. The second kappa shape index (κ2) is 6.08. The molecule has 0 aliphatic carbocycles. The predicted molar refractivity (Wildman–Crippen MR) is 77.8 cm³/mol. The molecule has 8 heteroatoms. The summed E-state index contributed by atoms with van der Waals surface area (Å²) in [4.78, 5) is 14.0. The van der Waals surface area contributed by atoms with E-state index < -0.39 is 0 Å². The van der Waals surface area contributed by atoms with Gasteiger partial charge in [0.25, 0.3) is 0 Å². The average Bonchev–Trinajstić information content (AvgIpc) is 2.93. The van der Waals surface area contributed by atoms with Crippen LogP contribution >= 0.6 is 0 Å². The van der Waals surface area contributed by atoms with Gasteiger partial charge in [0, 0.05) is 31.7 Å². The average molecular weight is 304 g/mol. The summed E-state index contributed by atoms with van der Waals surface area (Å²) < 4.78 is 14.8. The summed E-state index contributed by atoms with van der Waals surface area (Å²) in [7, 11) is 1.79. The van der Waals surface area contributed by atoms with Crippen LogP contribution < -0.4 is 5.32 Å². The maximum absolute atomic E-state index is 13.2. The highest BCUT2D eigenvalue weighted by Crippen LogP contribution is 2.25. The molecule has 7 nitrogen and oxygen atoms in total. The van der Waals surface area contributed by atoms with Gasteiger partial charge in [-0.1, -0.05) is 6.07 Å². The monoisotopic (exact) mass is 304 g/mol. The van der Waals surface area contributed by atoms with Gasteiger partial charge in [0.15, 0.2) is 5.82 Å². The Morgan fingerprint density at radius 3 is 3.05 bits per heavy atom. The van der Waals surface area contributed by atoms with Crippen LogP contribution in [0.5, 0.6) is 0 Å². The highest BCUT2D eigenvalue weighted by Gasteiger charge is 2.27. The number of halogens is 1. The minimum Gasteiger partial charge on any atom is -0.324 e. The molecule has 1 unspecified atom stereocenters. The van der Waals surface area contributed by atoms with E-state index in [-0.39, 0.29) is 17.8 Å². The summed E-state index contributed by atoms with van der Waals surface area (Å²) in [6.07, 6.45) is 1.83. The molecule has 0 bridgehead atoms. The van der Waals surface area contributed by atoms with Crippen molar-refractivity contribution in [3.05, 3.63) is 35.9 Å². The SMILES string of the molecule is Cn1nnnc1C1CCCN(C(=O)Nc2cccc(F)c2)C1. The number of anilines is 1. The van der Waals surface area contributed by atoms with Gasteiger partial charge in [-0.15, -0.1) is 5.10 Å². The number of urea groups is 1. The maximum atomic E-state index is 13.2. The number of carbonyl (C=O) groups excluding carboxylic acids is 1. The molecule has 116 valence electrons. The van der Waals surface area contributed by atoms with Crippen LogP contribution in [0.15, 0.2) is 24.3 Å². The second-order valence-corrected chi connectivity index (χ2v) is 5.39. The zero-order valence-corrected chi connectivity index (χ0v) is 12.2. The molecule has 0 radical (unpaired) electrons. The Hall–Kier alpha value is -2.51. The molecule has 2 heterocycles. The predicted octanol–water partition coefficient (Wildman–Crippen LogP) is 1.76. The number of nitrogens with one attached hydrogen (secondary N) is 1. The first-order valence-corrected chi connectivity index (χ1v) is 7.17. The van der Waals surface area contributed by atoms with Gasteiger partial charge in [-0.2, -0.15) is 0 Å². The lowest BCUT2D eigenvalue weighted by molar-refractivity contribution is 0.190. The van der Waals surface area contributed by atoms with Gasteiger partial charge < -0.3 is 10.2 Å². The fourth-order valence-corrected chi connectivity index (χ4v) is 2.72. The lowest BCUT2D eigenvalue weighted by Crippen LogP contribution is -2.42. The zero-order chi connectivity index (χ0) is 15.5. The normalized spacial score (nSPS) is 18.3. The Labute approximate surface area is 127 Å². The number of aryl methyl sites for hydroxylation is 1. The molecular weight excluding hydrogens is 287 g/mol. The fourth-order valence-electron chi connectivity index (χ4n) is 2.72. The molecule has 1 aliphatic heterocycles. The summed E-state index contributed by atoms with van der Waals surface area (Å²) >= 11 is 0. The molecule has 1 atom stereocenters. The van der Waals surface area contributed by atoms with E-state index in [9.17, 15) is 9.18 Å². The van der Waals surface area contributed by atoms with E-state index in [2.05, 4.69) is 20.8 Å². The molecule has 2 amide bonds. The van der Waals surface area contributed by atoms with Gasteiger partial charge in [0.1, 0.15) is 5.82 Å². The quantitative estimate of drug-likeness (QED) is 0.917. The second-order valence-electron chi connectivity index (χ2n) is 5.39. The Morgan fingerprint density at radius 1 is 1.45 bits per heavy atom. The first kappa shape index (κ1) is 14.4. The molecule has 2 aromatic rings. The number of hydrogen-bond acceptors (Lipinski definition) is 4. The van der Waals surface area contributed by atoms with E-state index in [1.54, 1.807) is 28.8 Å². The van der Waals surface area contributed by atoms with Crippen LogP contribution in [0.1, 0.15) is 24.6 Å². The van der Waals surface area contributed by atoms with Gasteiger partial charge in [-0.05, 0) is 41.5 Å². The summed E-state index contributed by atoms with van der Waals surface area (Å²) in [5, 5.41) is 14.2. The van der Waals surface area contributed by atoms with Crippen molar-refractivity contribution < 1.29 is 9.18 Å². The summed E-state index contributed by atoms with van der Waals surface area (Å²) in [6, 6.07) is 5.63. The molecule has 1 aliphatic rings. The van der Waals surface area contributed by atoms with Crippen LogP contribution in [0.4, 0.5) is 14.9 Å². The molecule has 0 saturated carbocycles. The molecule has 3 rings (SSSR count). The first-order valence-electron chi connectivity index (χ1n) is 7.17. The number of hydrogen-bond donors (Lipinski definition) is 1. The summed E-state index contributed by atoms with van der Waals surface area (Å²) in [5.41, 5.74) is 0.451. The van der Waals surface area contributed by atoms with Gasteiger partial charge in [0.2, 0.25) is 0 Å². The van der Waals surface area contributed by atoms with E-state index in [4.69, 9.17) is 0 Å². The third kappa shape index (κ3) is 3.05. The highest BCUT2D eigenvalue weighted by atomic mass is 19.1. The standard InChI is InChI=1S/C14H17FN6O/c1-20-13(17-18-19-20)10-4-3-7-21(9-10)14(22)16-12-6-2-5-11(15)8-12/h2,5-6,8,10H,3-4,7,9H2,1H3,(H,16,22). The van der Waals surface area contributed by atoms with Crippen LogP contribution in [0.3, 0.4) is 0 Å². The number of nitrogens with zero attached hydrogens (tertiary/aromatic N) is 5. The Morgan fingerprint density at radius 2 is 2.32 bits per heavy atom. The first-order chi connectivity index (χ1) is 10.6. The van der Waals surface area contributed by atoms with Crippen molar-refractivity contribution in [3.8, 4) is 0 Å². The Bertz CT molecular complexity index is 673. The van der Waals surface area contributed by atoms with Crippen molar-refractivity contribution in [2.75, 3.05) is 18.4 Å². The number of likely N-dealkylation sites (tertiary alicyclic amines) is 1. The topological polar surface area (TPSA) is 75.9 Å². The third-order valence-electron chi connectivity index (χ3n) is 3.80. The molecular formula is C14H17FN6O. The number of carbonyl (C=O) groups is 1. The summed E-state index contributed by atoms with van der Waals surface area (Å²) in [6.45, 7) is 1.22. The summed E-state index contributed by atoms with van der Waals surface area (Å²) in [5.74, 6) is 0.523. The molecule has 0 spiro atoms. The molecule has 1 fully saturated rings. The molecule has 1 aromatic carbocycles. The van der Waals surface area contributed by atoms with Crippen molar-refractivity contribution in [1.29, 1.82) is 0 Å².